The molecule has 0 bridgehead atoms. The molecule has 0 fully saturated rings. The van der Waals surface area contributed by atoms with Gasteiger partial charge in [0.15, 0.2) is 17.3 Å². The van der Waals surface area contributed by atoms with Gasteiger partial charge in [0.25, 0.3) is 5.91 Å². The quantitative estimate of drug-likeness (QED) is 0.417. The summed E-state index contributed by atoms with van der Waals surface area (Å²) in [5, 5.41) is 18.2. The molecule has 0 atom stereocenters. The van der Waals surface area contributed by atoms with E-state index in [0.717, 1.165) is 0 Å². The van der Waals surface area contributed by atoms with Gasteiger partial charge in [0.2, 0.25) is 11.6 Å². The monoisotopic (exact) mass is 446 g/mol. The van der Waals surface area contributed by atoms with Crippen molar-refractivity contribution in [2.45, 2.75) is 26.3 Å². The maximum absolute atomic E-state index is 12.8. The van der Waals surface area contributed by atoms with Crippen LogP contribution in [0.2, 0.25) is 5.02 Å². The standard InChI is InChI=1S/C20H19ClN4O6/c1-11-22-19(24-31-11)20(2,3)23-18(26)12-5-7-16(17(9-12)29-4)30-15-8-6-13(21)10-14(15)25(27)28/h5-10H,1-4H3,(H,23,26). The maximum atomic E-state index is 12.8. The fourth-order valence-corrected chi connectivity index (χ4v) is 2.86. The zero-order valence-corrected chi connectivity index (χ0v) is 17.9. The van der Waals surface area contributed by atoms with Crippen LogP contribution in [0.3, 0.4) is 0 Å². The molecule has 11 heteroatoms. The summed E-state index contributed by atoms with van der Waals surface area (Å²) in [6.45, 7) is 5.14. The number of benzene rings is 2. The number of nitrogens with one attached hydrogen (secondary N) is 1. The molecule has 31 heavy (non-hydrogen) atoms. The van der Waals surface area contributed by atoms with Gasteiger partial charge in [-0.05, 0) is 44.2 Å². The Kier molecular flexibility index (Phi) is 6.11. The average Bonchev–Trinajstić information content (AvgIpc) is 3.16. The lowest BCUT2D eigenvalue weighted by molar-refractivity contribution is -0.385. The molecule has 0 radical (unpaired) electrons. The van der Waals surface area contributed by atoms with Crippen LogP contribution in [0.5, 0.6) is 17.2 Å². The molecule has 1 aromatic heterocycles. The second-order valence-electron chi connectivity index (χ2n) is 7.05. The number of ether oxygens (including phenoxy) is 2. The minimum Gasteiger partial charge on any atom is -0.493 e. The number of rotatable bonds is 7. The van der Waals surface area contributed by atoms with Crippen LogP contribution in [0.4, 0.5) is 5.69 Å². The number of aryl methyl sites for hydroxylation is 1. The molecule has 3 aromatic rings. The van der Waals surface area contributed by atoms with Gasteiger partial charge in [-0.1, -0.05) is 16.8 Å². The van der Waals surface area contributed by atoms with Crippen LogP contribution in [0.25, 0.3) is 0 Å². The molecular weight excluding hydrogens is 428 g/mol. The van der Waals surface area contributed by atoms with Crippen LogP contribution in [0.1, 0.15) is 35.9 Å². The number of aromatic nitrogens is 2. The highest BCUT2D eigenvalue weighted by molar-refractivity contribution is 6.30. The highest BCUT2D eigenvalue weighted by Gasteiger charge is 2.29. The predicted octanol–water partition coefficient (Wildman–Crippen LogP) is 4.41. The Morgan fingerprint density at radius 1 is 1.19 bits per heavy atom. The average molecular weight is 447 g/mol. The zero-order chi connectivity index (χ0) is 22.8. The smallest absolute Gasteiger partial charge is 0.313 e. The van der Waals surface area contributed by atoms with Crippen molar-refractivity contribution in [3.63, 3.8) is 0 Å². The lowest BCUT2D eigenvalue weighted by Crippen LogP contribution is -2.41. The number of nitro benzene ring substituents is 1. The van der Waals surface area contributed by atoms with Crippen LogP contribution >= 0.6 is 11.6 Å². The Morgan fingerprint density at radius 2 is 1.90 bits per heavy atom. The van der Waals surface area contributed by atoms with Gasteiger partial charge in [-0.25, -0.2) is 0 Å². The van der Waals surface area contributed by atoms with E-state index in [-0.39, 0.29) is 33.5 Å². The number of carbonyl (C=O) groups is 1. The molecule has 1 N–H and O–H groups in total. The third kappa shape index (κ3) is 4.92. The molecule has 1 heterocycles. The van der Waals surface area contributed by atoms with Crippen molar-refractivity contribution in [1.29, 1.82) is 0 Å². The van der Waals surface area contributed by atoms with Crippen molar-refractivity contribution in [3.8, 4) is 17.2 Å². The molecule has 2 aromatic carbocycles. The van der Waals surface area contributed by atoms with E-state index in [1.54, 1.807) is 20.8 Å². The SMILES string of the molecule is COc1cc(C(=O)NC(C)(C)c2noc(C)n2)ccc1Oc1ccc(Cl)cc1[N+](=O)[O-]. The van der Waals surface area contributed by atoms with Gasteiger partial charge in [-0.2, -0.15) is 4.98 Å². The Balaban J connectivity index is 1.85. The van der Waals surface area contributed by atoms with Crippen LogP contribution in [-0.4, -0.2) is 28.1 Å². The zero-order valence-electron chi connectivity index (χ0n) is 17.1. The number of amides is 1. The number of nitro groups is 1. The number of carbonyl (C=O) groups excluding carboxylic acids is 1. The first-order valence-electron chi connectivity index (χ1n) is 9.04. The molecular formula is C20H19ClN4O6. The second-order valence-corrected chi connectivity index (χ2v) is 7.49. The first kappa shape index (κ1) is 22.0. The summed E-state index contributed by atoms with van der Waals surface area (Å²) in [5.41, 5.74) is -0.905. The minimum atomic E-state index is -0.888. The summed E-state index contributed by atoms with van der Waals surface area (Å²) >= 11 is 5.83. The molecule has 0 saturated heterocycles. The van der Waals surface area contributed by atoms with E-state index in [2.05, 4.69) is 15.5 Å². The number of hydrogen-bond donors (Lipinski definition) is 1. The van der Waals surface area contributed by atoms with Gasteiger partial charge in [0.05, 0.1) is 17.6 Å². The predicted molar refractivity (Wildman–Crippen MR) is 111 cm³/mol. The normalized spacial score (nSPS) is 11.1. The van der Waals surface area contributed by atoms with Crippen LogP contribution in [0, 0.1) is 17.0 Å². The Hall–Kier alpha value is -3.66. The largest absolute Gasteiger partial charge is 0.493 e. The summed E-state index contributed by atoms with van der Waals surface area (Å²) in [7, 11) is 1.40. The number of nitrogens with zero attached hydrogens (tertiary/aromatic N) is 3. The van der Waals surface area contributed by atoms with Crippen molar-refractivity contribution >= 4 is 23.2 Å². The van der Waals surface area contributed by atoms with Crippen LogP contribution in [0.15, 0.2) is 40.9 Å². The lowest BCUT2D eigenvalue weighted by Gasteiger charge is -2.22. The van der Waals surface area contributed by atoms with Gasteiger partial charge in [-0.15, -0.1) is 0 Å². The van der Waals surface area contributed by atoms with Crippen molar-refractivity contribution in [2.24, 2.45) is 0 Å². The van der Waals surface area contributed by atoms with E-state index >= 15 is 0 Å². The molecule has 0 aliphatic heterocycles. The fraction of sp³-hybridized carbons (Fsp3) is 0.250. The highest BCUT2D eigenvalue weighted by atomic mass is 35.5. The summed E-state index contributed by atoms with van der Waals surface area (Å²) < 4.78 is 16.0. The van der Waals surface area contributed by atoms with E-state index in [0.29, 0.717) is 11.7 Å². The molecule has 0 aliphatic rings. The van der Waals surface area contributed by atoms with Gasteiger partial charge >= 0.3 is 5.69 Å². The van der Waals surface area contributed by atoms with Crippen molar-refractivity contribution in [1.82, 2.24) is 15.5 Å². The summed E-state index contributed by atoms with van der Waals surface area (Å²) in [6, 6.07) is 8.50. The summed E-state index contributed by atoms with van der Waals surface area (Å²) in [4.78, 5) is 27.6. The molecule has 0 spiro atoms. The molecule has 162 valence electrons. The molecule has 0 unspecified atom stereocenters. The second kappa shape index (κ2) is 8.60. The van der Waals surface area contributed by atoms with E-state index in [1.165, 1.54) is 43.5 Å². The first-order valence-corrected chi connectivity index (χ1v) is 9.41. The van der Waals surface area contributed by atoms with E-state index in [4.69, 9.17) is 25.6 Å². The van der Waals surface area contributed by atoms with Crippen molar-refractivity contribution < 1.29 is 23.7 Å². The third-order valence-electron chi connectivity index (χ3n) is 4.28. The molecule has 0 saturated carbocycles. The van der Waals surface area contributed by atoms with E-state index in [9.17, 15) is 14.9 Å². The van der Waals surface area contributed by atoms with Crippen LogP contribution < -0.4 is 14.8 Å². The van der Waals surface area contributed by atoms with Crippen molar-refractivity contribution in [2.75, 3.05) is 7.11 Å². The third-order valence-corrected chi connectivity index (χ3v) is 4.51. The number of methoxy groups -OCH3 is 1. The van der Waals surface area contributed by atoms with E-state index < -0.39 is 16.4 Å². The fourth-order valence-electron chi connectivity index (χ4n) is 2.70. The number of halogens is 1. The van der Waals surface area contributed by atoms with Gasteiger partial charge in [0.1, 0.15) is 0 Å². The van der Waals surface area contributed by atoms with Gasteiger partial charge < -0.3 is 19.3 Å². The maximum Gasteiger partial charge on any atom is 0.313 e. The Morgan fingerprint density at radius 3 is 2.52 bits per heavy atom. The molecule has 3 rings (SSSR count). The summed E-state index contributed by atoms with van der Waals surface area (Å²) in [6.07, 6.45) is 0. The van der Waals surface area contributed by atoms with E-state index in [1.807, 2.05) is 0 Å². The molecule has 0 aliphatic carbocycles. The topological polar surface area (TPSA) is 130 Å². The Labute approximate surface area is 182 Å². The minimum absolute atomic E-state index is 0.0153. The van der Waals surface area contributed by atoms with Crippen molar-refractivity contribution in [3.05, 3.63) is 68.8 Å². The van der Waals surface area contributed by atoms with Gasteiger partial charge in [-0.3, -0.25) is 14.9 Å². The summed E-state index contributed by atoms with van der Waals surface area (Å²) in [5.74, 6) is 0.702. The first-order chi connectivity index (χ1) is 14.6. The highest BCUT2D eigenvalue weighted by Crippen LogP contribution is 2.38. The van der Waals surface area contributed by atoms with Crippen LogP contribution in [-0.2, 0) is 5.54 Å². The molecule has 10 nitrogen and oxygen atoms in total. The number of hydrogen-bond acceptors (Lipinski definition) is 8. The molecule has 1 amide bonds. The van der Waals surface area contributed by atoms with Gasteiger partial charge in [0, 0.05) is 23.6 Å². The Bertz CT molecular complexity index is 1140. The lowest BCUT2D eigenvalue weighted by atomic mass is 10.0.